The van der Waals surface area contributed by atoms with Gasteiger partial charge in [0, 0.05) is 18.1 Å². The summed E-state index contributed by atoms with van der Waals surface area (Å²) in [5.41, 5.74) is 7.44. The van der Waals surface area contributed by atoms with E-state index in [4.69, 9.17) is 17.3 Å². The average Bonchev–Trinajstić information content (AvgIpc) is 3.11. The van der Waals surface area contributed by atoms with Gasteiger partial charge in [-0.2, -0.15) is 0 Å². The first-order chi connectivity index (χ1) is 13.3. The number of primary amides is 1. The smallest absolute Gasteiger partial charge is 0.237 e. The number of phenolic OH excluding ortho intramolecular Hbond substituents is 1. The quantitative estimate of drug-likeness (QED) is 0.647. The number of hydrogen-bond donors (Lipinski definition) is 3. The molecule has 1 aliphatic heterocycles. The predicted molar refractivity (Wildman–Crippen MR) is 115 cm³/mol. The second kappa shape index (κ2) is 9.96. The van der Waals surface area contributed by atoms with E-state index in [1.165, 1.54) is 6.07 Å². The maximum atomic E-state index is 12.7. The number of phenols is 1. The molecule has 1 heterocycles. The van der Waals surface area contributed by atoms with Crippen LogP contribution in [0.25, 0.3) is 0 Å². The molecule has 156 valence electrons. The van der Waals surface area contributed by atoms with Crippen LogP contribution in [0.3, 0.4) is 0 Å². The number of likely N-dealkylation sites (tertiary alicyclic amines) is 1. The van der Waals surface area contributed by atoms with Crippen molar-refractivity contribution >= 4 is 35.8 Å². The van der Waals surface area contributed by atoms with E-state index in [-0.39, 0.29) is 36.5 Å². The van der Waals surface area contributed by atoms with Gasteiger partial charge < -0.3 is 16.2 Å². The molecule has 29 heavy (non-hydrogen) atoms. The van der Waals surface area contributed by atoms with Crippen molar-refractivity contribution in [1.29, 1.82) is 0 Å². The maximum absolute atomic E-state index is 12.7. The van der Waals surface area contributed by atoms with Crippen molar-refractivity contribution in [1.82, 2.24) is 10.2 Å². The van der Waals surface area contributed by atoms with Crippen LogP contribution in [0.2, 0.25) is 5.02 Å². The van der Waals surface area contributed by atoms with E-state index in [0.717, 1.165) is 5.56 Å². The Labute approximate surface area is 181 Å². The zero-order valence-electron chi connectivity index (χ0n) is 16.0. The predicted octanol–water partition coefficient (Wildman–Crippen LogP) is 2.82. The number of nitrogens with two attached hydrogens (primary N) is 1. The number of carbonyl (C=O) groups excluding carboxylic acids is 2. The van der Waals surface area contributed by atoms with Gasteiger partial charge >= 0.3 is 0 Å². The van der Waals surface area contributed by atoms with Gasteiger partial charge in [-0.3, -0.25) is 14.5 Å². The largest absolute Gasteiger partial charge is 0.508 e. The Morgan fingerprint density at radius 2 is 1.97 bits per heavy atom. The number of amides is 2. The number of hydrogen-bond acceptors (Lipinski definition) is 4. The molecule has 4 N–H and O–H groups in total. The lowest BCUT2D eigenvalue weighted by Gasteiger charge is -2.28. The number of aromatic hydroxyl groups is 1. The van der Waals surface area contributed by atoms with Gasteiger partial charge in [0.15, 0.2) is 0 Å². The molecule has 1 fully saturated rings. The van der Waals surface area contributed by atoms with Crippen molar-refractivity contribution in [2.75, 3.05) is 6.54 Å². The van der Waals surface area contributed by atoms with Crippen molar-refractivity contribution in [3.63, 3.8) is 0 Å². The SMILES string of the molecule is C[C@@H](C(=O)NCc1cc(O)cc(Cl)c1)N1CC(c2ccccc2)CC1C(N)=O.Cl. The standard InChI is InChI=1S/C21H24ClN3O3.ClH/c1-13(21(28)24-11-14-7-17(22)10-18(26)8-14)25-12-16(9-19(25)20(23)27)15-5-3-2-4-6-15;/h2-8,10,13,16,19,26H,9,11-12H2,1H3,(H2,23,27)(H,24,28);1H/t13-,16?,19?;/m0./s1. The van der Waals surface area contributed by atoms with Crippen LogP contribution in [0.4, 0.5) is 0 Å². The lowest BCUT2D eigenvalue weighted by Crippen LogP contribution is -2.51. The second-order valence-corrected chi connectivity index (χ2v) is 7.61. The second-order valence-electron chi connectivity index (χ2n) is 7.17. The van der Waals surface area contributed by atoms with Crippen LogP contribution >= 0.6 is 24.0 Å². The summed E-state index contributed by atoms with van der Waals surface area (Å²) in [4.78, 5) is 26.5. The molecule has 1 aliphatic rings. The highest BCUT2D eigenvalue weighted by Gasteiger charge is 2.40. The van der Waals surface area contributed by atoms with Gasteiger partial charge in [-0.05, 0) is 48.6 Å². The van der Waals surface area contributed by atoms with Gasteiger partial charge in [-0.1, -0.05) is 41.9 Å². The molecule has 8 heteroatoms. The molecule has 3 atom stereocenters. The van der Waals surface area contributed by atoms with Crippen molar-refractivity contribution in [3.05, 3.63) is 64.7 Å². The summed E-state index contributed by atoms with van der Waals surface area (Å²) in [5, 5.41) is 12.9. The van der Waals surface area contributed by atoms with Crippen LogP contribution in [0.1, 0.15) is 30.4 Å². The molecule has 0 radical (unpaired) electrons. The summed E-state index contributed by atoms with van der Waals surface area (Å²) >= 11 is 5.93. The lowest BCUT2D eigenvalue weighted by atomic mass is 9.96. The number of rotatable bonds is 6. The topological polar surface area (TPSA) is 95.7 Å². The first kappa shape index (κ1) is 23.0. The fourth-order valence-corrected chi connectivity index (χ4v) is 4.01. The Kier molecular flexibility index (Phi) is 7.90. The summed E-state index contributed by atoms with van der Waals surface area (Å²) in [6.07, 6.45) is 0.596. The molecule has 0 saturated carbocycles. The van der Waals surface area contributed by atoms with Gasteiger partial charge in [-0.15, -0.1) is 12.4 Å². The third-order valence-electron chi connectivity index (χ3n) is 5.22. The van der Waals surface area contributed by atoms with Crippen LogP contribution < -0.4 is 11.1 Å². The van der Waals surface area contributed by atoms with E-state index in [1.54, 1.807) is 19.1 Å². The van der Waals surface area contributed by atoms with Crippen molar-refractivity contribution < 1.29 is 14.7 Å². The molecule has 2 aromatic rings. The Morgan fingerprint density at radius 1 is 1.28 bits per heavy atom. The minimum Gasteiger partial charge on any atom is -0.508 e. The van der Waals surface area contributed by atoms with Crippen LogP contribution in [0.15, 0.2) is 48.5 Å². The van der Waals surface area contributed by atoms with E-state index in [9.17, 15) is 14.7 Å². The van der Waals surface area contributed by atoms with Crippen LogP contribution in [0, 0.1) is 0 Å². The molecule has 0 spiro atoms. The number of nitrogens with zero attached hydrogens (tertiary/aromatic N) is 1. The zero-order chi connectivity index (χ0) is 20.3. The molecule has 0 bridgehead atoms. The molecule has 0 aromatic heterocycles. The van der Waals surface area contributed by atoms with Crippen LogP contribution in [-0.4, -0.2) is 40.4 Å². The molecule has 2 amide bonds. The molecule has 6 nitrogen and oxygen atoms in total. The first-order valence-electron chi connectivity index (χ1n) is 9.21. The molecule has 1 saturated heterocycles. The number of nitrogens with one attached hydrogen (secondary N) is 1. The minimum absolute atomic E-state index is 0. The first-order valence-corrected chi connectivity index (χ1v) is 9.59. The van der Waals surface area contributed by atoms with E-state index >= 15 is 0 Å². The zero-order valence-corrected chi connectivity index (χ0v) is 17.6. The monoisotopic (exact) mass is 437 g/mol. The third-order valence-corrected chi connectivity index (χ3v) is 5.44. The summed E-state index contributed by atoms with van der Waals surface area (Å²) < 4.78 is 0. The maximum Gasteiger partial charge on any atom is 0.237 e. The molecule has 2 aromatic carbocycles. The van der Waals surface area contributed by atoms with Crippen molar-refractivity contribution in [3.8, 4) is 5.75 Å². The number of halogens is 2. The fourth-order valence-electron chi connectivity index (χ4n) is 3.76. The molecular formula is C21H25Cl2N3O3. The number of benzene rings is 2. The molecule has 2 unspecified atom stereocenters. The summed E-state index contributed by atoms with van der Waals surface area (Å²) in [7, 11) is 0. The molecule has 0 aliphatic carbocycles. The molecule has 3 rings (SSSR count). The number of carbonyl (C=O) groups is 2. The van der Waals surface area contributed by atoms with E-state index in [0.29, 0.717) is 23.6 Å². The Morgan fingerprint density at radius 3 is 2.59 bits per heavy atom. The highest BCUT2D eigenvalue weighted by atomic mass is 35.5. The summed E-state index contributed by atoms with van der Waals surface area (Å²) in [5.74, 6) is -0.431. The summed E-state index contributed by atoms with van der Waals surface area (Å²) in [6, 6.07) is 13.6. The Bertz CT molecular complexity index is 843. The lowest BCUT2D eigenvalue weighted by molar-refractivity contribution is -0.129. The summed E-state index contributed by atoms with van der Waals surface area (Å²) in [6.45, 7) is 2.59. The van der Waals surface area contributed by atoms with Crippen molar-refractivity contribution in [2.45, 2.75) is 37.9 Å². The van der Waals surface area contributed by atoms with E-state index < -0.39 is 18.0 Å². The van der Waals surface area contributed by atoms with E-state index in [2.05, 4.69) is 5.32 Å². The highest BCUT2D eigenvalue weighted by molar-refractivity contribution is 6.30. The normalized spacial score (nSPS) is 19.9. The minimum atomic E-state index is -0.515. The Hall–Kier alpha value is -2.28. The van der Waals surface area contributed by atoms with Gasteiger partial charge in [0.25, 0.3) is 0 Å². The van der Waals surface area contributed by atoms with Gasteiger partial charge in [-0.25, -0.2) is 0 Å². The average molecular weight is 438 g/mol. The van der Waals surface area contributed by atoms with Crippen molar-refractivity contribution in [2.24, 2.45) is 5.73 Å². The van der Waals surface area contributed by atoms with Crippen LogP contribution in [0.5, 0.6) is 5.75 Å². The van der Waals surface area contributed by atoms with Gasteiger partial charge in [0.2, 0.25) is 11.8 Å². The van der Waals surface area contributed by atoms with Crippen LogP contribution in [-0.2, 0) is 16.1 Å². The Balaban J connectivity index is 0.00000300. The highest BCUT2D eigenvalue weighted by Crippen LogP contribution is 2.33. The molecular weight excluding hydrogens is 413 g/mol. The van der Waals surface area contributed by atoms with Gasteiger partial charge in [0.1, 0.15) is 5.75 Å². The third kappa shape index (κ3) is 5.63. The fraction of sp³-hybridized carbons (Fsp3) is 0.333. The van der Waals surface area contributed by atoms with E-state index in [1.807, 2.05) is 35.2 Å². The van der Waals surface area contributed by atoms with Gasteiger partial charge in [0.05, 0.1) is 12.1 Å².